The van der Waals surface area contributed by atoms with Gasteiger partial charge in [0.25, 0.3) is 6.43 Å². The molecule has 3 aliphatic rings. The Morgan fingerprint density at radius 3 is 2.56 bits per heavy atom. The van der Waals surface area contributed by atoms with E-state index in [2.05, 4.69) is 24.9 Å². The van der Waals surface area contributed by atoms with Crippen molar-refractivity contribution in [1.82, 2.24) is 39.2 Å². The summed E-state index contributed by atoms with van der Waals surface area (Å²) in [6.45, 7) is 14.3. The van der Waals surface area contributed by atoms with Crippen molar-refractivity contribution in [2.75, 3.05) is 31.2 Å². The maximum Gasteiger partial charge on any atom is 0.331 e. The van der Waals surface area contributed by atoms with Crippen LogP contribution in [0.25, 0.3) is 22.0 Å². The molecule has 1 fully saturated rings. The third kappa shape index (κ3) is 7.53. The number of carbonyl (C=O) groups excluding carboxylic acids is 2. The molecular formula is C42H51F2N9O4. The number of hydrogen-bond acceptors (Lipinski definition) is 9. The lowest BCUT2D eigenvalue weighted by atomic mass is 9.91. The van der Waals surface area contributed by atoms with Crippen molar-refractivity contribution >= 4 is 34.3 Å². The van der Waals surface area contributed by atoms with Gasteiger partial charge < -0.3 is 23.8 Å². The molecule has 1 aromatic carbocycles. The first-order chi connectivity index (χ1) is 27.3. The average Bonchev–Trinajstić information content (AvgIpc) is 3.89. The van der Waals surface area contributed by atoms with Gasteiger partial charge in [-0.05, 0) is 81.7 Å². The van der Waals surface area contributed by atoms with Crippen LogP contribution in [-0.2, 0) is 45.0 Å². The SMILES string of the molecule is CC(=O)N1CCc2c(c(N3CCCc4cc(-c5cn(Cc6cn(C(C(=O)OC(C)(C)C)C(C)C)nn6)c6ccncc56)c(C(F)F)cc43)nn2C2CCOCC2)C1. The molecule has 1 unspecified atom stereocenters. The summed E-state index contributed by atoms with van der Waals surface area (Å²) in [4.78, 5) is 34.0. The molecule has 13 nitrogen and oxygen atoms in total. The molecule has 57 heavy (non-hydrogen) atoms. The second-order valence-corrected chi connectivity index (χ2v) is 16.8. The topological polar surface area (TPSA) is 125 Å². The van der Waals surface area contributed by atoms with E-state index in [9.17, 15) is 9.59 Å². The molecule has 0 spiro atoms. The number of pyridine rings is 1. The van der Waals surface area contributed by atoms with Crippen LogP contribution >= 0.6 is 0 Å². The molecule has 0 radical (unpaired) electrons. The molecule has 1 atom stereocenters. The molecule has 0 bridgehead atoms. The zero-order valence-electron chi connectivity index (χ0n) is 33.5. The van der Waals surface area contributed by atoms with Crippen molar-refractivity contribution in [3.8, 4) is 11.1 Å². The van der Waals surface area contributed by atoms with E-state index in [1.165, 1.54) is 0 Å². The maximum absolute atomic E-state index is 15.4. The summed E-state index contributed by atoms with van der Waals surface area (Å²) in [5, 5.41) is 14.7. The number of nitrogens with zero attached hydrogens (tertiary/aromatic N) is 9. The number of halogens is 2. The number of amides is 1. The first-order valence-electron chi connectivity index (χ1n) is 20.0. The minimum atomic E-state index is -2.76. The predicted octanol–water partition coefficient (Wildman–Crippen LogP) is 7.36. The fourth-order valence-corrected chi connectivity index (χ4v) is 8.66. The molecule has 1 amide bonds. The maximum atomic E-state index is 15.4. The normalized spacial score (nSPS) is 17.0. The Bertz CT molecular complexity index is 2300. The van der Waals surface area contributed by atoms with Gasteiger partial charge in [0, 0.05) is 91.7 Å². The second kappa shape index (κ2) is 15.3. The Balaban J connectivity index is 1.17. The smallest absolute Gasteiger partial charge is 0.331 e. The zero-order valence-corrected chi connectivity index (χ0v) is 33.5. The minimum Gasteiger partial charge on any atom is -0.458 e. The van der Waals surface area contributed by atoms with Gasteiger partial charge in [-0.1, -0.05) is 19.1 Å². The van der Waals surface area contributed by atoms with Gasteiger partial charge in [-0.2, -0.15) is 5.10 Å². The predicted molar refractivity (Wildman–Crippen MR) is 210 cm³/mol. The van der Waals surface area contributed by atoms with E-state index in [0.717, 1.165) is 64.9 Å². The number of benzene rings is 1. The third-order valence-corrected chi connectivity index (χ3v) is 11.3. The first-order valence-corrected chi connectivity index (χ1v) is 20.0. The summed E-state index contributed by atoms with van der Waals surface area (Å²) in [5.41, 5.74) is 5.59. The van der Waals surface area contributed by atoms with E-state index >= 15 is 8.78 Å². The summed E-state index contributed by atoms with van der Waals surface area (Å²) in [6, 6.07) is 4.96. The molecule has 5 aromatic rings. The number of fused-ring (bicyclic) bond motifs is 3. The summed E-state index contributed by atoms with van der Waals surface area (Å²) in [6.07, 6.45) is 8.20. The fraction of sp³-hybridized carbons (Fsp3) is 0.524. The third-order valence-electron chi connectivity index (χ3n) is 11.3. The van der Waals surface area contributed by atoms with Crippen LogP contribution in [-0.4, -0.2) is 83.0 Å². The second-order valence-electron chi connectivity index (χ2n) is 16.8. The highest BCUT2D eigenvalue weighted by Gasteiger charge is 2.35. The lowest BCUT2D eigenvalue weighted by molar-refractivity contribution is -0.161. The Hall–Kier alpha value is -5.18. The molecule has 0 aliphatic carbocycles. The van der Waals surface area contributed by atoms with Crippen molar-refractivity contribution < 1.29 is 27.8 Å². The fourth-order valence-electron chi connectivity index (χ4n) is 8.66. The Labute approximate surface area is 330 Å². The number of anilines is 2. The van der Waals surface area contributed by atoms with E-state index in [-0.39, 0.29) is 29.4 Å². The Morgan fingerprint density at radius 2 is 1.84 bits per heavy atom. The summed E-state index contributed by atoms with van der Waals surface area (Å²) in [7, 11) is 0. The highest BCUT2D eigenvalue weighted by atomic mass is 19.3. The molecule has 7 heterocycles. The highest BCUT2D eigenvalue weighted by molar-refractivity contribution is 5.97. The molecule has 0 N–H and O–H groups in total. The van der Waals surface area contributed by atoms with Gasteiger partial charge in [0.1, 0.15) is 11.3 Å². The van der Waals surface area contributed by atoms with Crippen molar-refractivity contribution in [3.05, 3.63) is 71.1 Å². The monoisotopic (exact) mass is 783 g/mol. The van der Waals surface area contributed by atoms with Crippen LogP contribution in [0.15, 0.2) is 43.0 Å². The van der Waals surface area contributed by atoms with Gasteiger partial charge >= 0.3 is 5.97 Å². The van der Waals surface area contributed by atoms with E-state index in [1.54, 1.807) is 36.3 Å². The number of aryl methyl sites for hydroxylation is 1. The van der Waals surface area contributed by atoms with Crippen molar-refractivity contribution in [1.29, 1.82) is 0 Å². The molecule has 1 saturated heterocycles. The first kappa shape index (κ1) is 38.7. The molecule has 0 saturated carbocycles. The summed E-state index contributed by atoms with van der Waals surface area (Å²) >= 11 is 0. The van der Waals surface area contributed by atoms with Crippen molar-refractivity contribution in [2.45, 2.75) is 111 Å². The van der Waals surface area contributed by atoms with Crippen LogP contribution < -0.4 is 4.90 Å². The van der Waals surface area contributed by atoms with E-state index in [1.807, 2.05) is 62.4 Å². The van der Waals surface area contributed by atoms with E-state index in [0.29, 0.717) is 62.6 Å². The van der Waals surface area contributed by atoms with Crippen LogP contribution in [0, 0.1) is 5.92 Å². The van der Waals surface area contributed by atoms with Gasteiger partial charge in [-0.25, -0.2) is 18.3 Å². The van der Waals surface area contributed by atoms with Gasteiger partial charge in [0.15, 0.2) is 11.9 Å². The highest BCUT2D eigenvalue weighted by Crippen LogP contribution is 2.45. The summed E-state index contributed by atoms with van der Waals surface area (Å²) in [5.74, 6) is 0.268. The lowest BCUT2D eigenvalue weighted by Crippen LogP contribution is -2.36. The number of alkyl halides is 2. The standard InChI is InChI=1S/C42H51F2N9O4/c1-25(2)38(41(55)57-42(4,5)6)52-22-28(46-48-52)21-50-23-33(32-20-45-13-9-35(32)50)30-18-27-8-7-14-51(37(27)19-31(30)39(43)44)40-34-24-49(26(3)54)15-10-36(34)53(47-40)29-11-16-56-17-12-29/h9,13,18-20,22-23,25,29,38-39H,7-8,10-12,14-17,21,24H2,1-6H3. The molecular weight excluding hydrogens is 733 g/mol. The van der Waals surface area contributed by atoms with E-state index < -0.39 is 18.1 Å². The zero-order chi connectivity index (χ0) is 40.2. The van der Waals surface area contributed by atoms with Gasteiger partial charge in [-0.15, -0.1) is 5.10 Å². The van der Waals surface area contributed by atoms with Crippen molar-refractivity contribution in [2.24, 2.45) is 5.92 Å². The van der Waals surface area contributed by atoms with Crippen LogP contribution in [0.4, 0.5) is 20.3 Å². The number of aromatic nitrogens is 7. The Morgan fingerprint density at radius 1 is 1.05 bits per heavy atom. The van der Waals surface area contributed by atoms with Crippen LogP contribution in [0.3, 0.4) is 0 Å². The van der Waals surface area contributed by atoms with Crippen molar-refractivity contribution in [3.63, 3.8) is 0 Å². The molecule has 15 heteroatoms. The van der Waals surface area contributed by atoms with Crippen LogP contribution in [0.1, 0.15) is 107 Å². The van der Waals surface area contributed by atoms with Gasteiger partial charge in [0.2, 0.25) is 5.91 Å². The molecule has 8 rings (SSSR count). The number of esters is 1. The average molecular weight is 784 g/mol. The number of hydrogen-bond donors (Lipinski definition) is 0. The van der Waals surface area contributed by atoms with E-state index in [4.69, 9.17) is 14.6 Å². The number of ether oxygens (including phenoxy) is 2. The molecule has 302 valence electrons. The van der Waals surface area contributed by atoms with Gasteiger partial charge in [0.05, 0.1) is 30.8 Å². The summed E-state index contributed by atoms with van der Waals surface area (Å²) < 4.78 is 47.7. The number of rotatable bonds is 9. The molecule has 4 aromatic heterocycles. The largest absolute Gasteiger partial charge is 0.458 e. The van der Waals surface area contributed by atoms with Gasteiger partial charge in [-0.3, -0.25) is 14.5 Å². The lowest BCUT2D eigenvalue weighted by Gasteiger charge is -2.33. The van der Waals surface area contributed by atoms with Crippen LogP contribution in [0.5, 0.6) is 0 Å². The number of carbonyl (C=O) groups is 2. The molecule has 3 aliphatic heterocycles. The van der Waals surface area contributed by atoms with Crippen LogP contribution in [0.2, 0.25) is 0 Å². The minimum absolute atomic E-state index is 0.00732. The quantitative estimate of drug-likeness (QED) is 0.141. The Kier molecular flexibility index (Phi) is 10.4.